The Balaban J connectivity index is 1.89. The van der Waals surface area contributed by atoms with Gasteiger partial charge in [0, 0.05) is 5.54 Å². The largest absolute Gasteiger partial charge is 0.0722 e. The molecule has 0 aromatic heterocycles. The van der Waals surface area contributed by atoms with E-state index in [1.165, 1.54) is 33.4 Å². The lowest BCUT2D eigenvalue weighted by molar-refractivity contribution is 1.01. The fourth-order valence-corrected chi connectivity index (χ4v) is 10.8. The van der Waals surface area contributed by atoms with Crippen LogP contribution in [-0.2, 0) is 0 Å². The number of hydrogen-bond donors (Lipinski definition) is 0. The summed E-state index contributed by atoms with van der Waals surface area (Å²) in [6, 6.07) is 20.1. The van der Waals surface area contributed by atoms with Crippen molar-refractivity contribution in [3.8, 4) is 0 Å². The van der Waals surface area contributed by atoms with Crippen LogP contribution >= 0.6 is 0 Å². The second kappa shape index (κ2) is 6.49. The van der Waals surface area contributed by atoms with Gasteiger partial charge in [-0.1, -0.05) is 84.9 Å². The van der Waals surface area contributed by atoms with Gasteiger partial charge in [0.25, 0.3) is 0 Å². The highest BCUT2D eigenvalue weighted by atomic mass is 28.3. The van der Waals surface area contributed by atoms with Gasteiger partial charge in [0.15, 0.2) is 0 Å². The molecule has 0 spiro atoms. The highest BCUT2D eigenvalue weighted by Crippen LogP contribution is 2.56. The first-order chi connectivity index (χ1) is 12.8. The Hall–Kier alpha value is -2.12. The van der Waals surface area contributed by atoms with Crippen molar-refractivity contribution in [2.45, 2.75) is 51.9 Å². The summed E-state index contributed by atoms with van der Waals surface area (Å²) in [5.41, 5.74) is 13.3. The molecule has 138 valence electrons. The van der Waals surface area contributed by atoms with Crippen LogP contribution in [0.1, 0.15) is 49.9 Å². The van der Waals surface area contributed by atoms with Crippen LogP contribution in [0.2, 0.25) is 18.6 Å². The molecule has 0 N–H and O–H groups in total. The molecule has 0 nitrogen and oxygen atoms in total. The summed E-state index contributed by atoms with van der Waals surface area (Å²) in [6.07, 6.45) is 2.46. The van der Waals surface area contributed by atoms with Crippen molar-refractivity contribution in [3.05, 3.63) is 93.6 Å². The van der Waals surface area contributed by atoms with Crippen LogP contribution in [0.25, 0.3) is 11.6 Å². The molecule has 0 fully saturated rings. The Morgan fingerprint density at radius 1 is 0.667 bits per heavy atom. The maximum Gasteiger partial charge on any atom is 0.0722 e. The van der Waals surface area contributed by atoms with Crippen LogP contribution in [0.3, 0.4) is 0 Å². The number of fused-ring (bicyclic) bond motifs is 1. The molecule has 0 radical (unpaired) electrons. The summed E-state index contributed by atoms with van der Waals surface area (Å²) in [4.78, 5) is 0. The van der Waals surface area contributed by atoms with Gasteiger partial charge >= 0.3 is 0 Å². The molecule has 4 rings (SSSR count). The molecule has 0 bridgehead atoms. The lowest BCUT2D eigenvalue weighted by Gasteiger charge is -2.40. The van der Waals surface area contributed by atoms with Crippen LogP contribution < -0.4 is 0 Å². The van der Waals surface area contributed by atoms with Crippen molar-refractivity contribution in [1.29, 1.82) is 0 Å². The average molecular weight is 371 g/mol. The van der Waals surface area contributed by atoms with Gasteiger partial charge in [-0.25, -0.2) is 0 Å². The first-order valence-corrected chi connectivity index (χ1v) is 13.2. The molecule has 1 unspecified atom stereocenters. The molecule has 0 saturated carbocycles. The number of allylic oxidation sites excluding steroid dienone is 5. The SMILES string of the molecule is CC1=C(C)C([Si](C)(C)C2C(c3ccccc3)=Cc3ccccc32)C(C)=C1C. The second-order valence-electron chi connectivity index (χ2n) is 8.90. The van der Waals surface area contributed by atoms with Gasteiger partial charge in [-0.2, -0.15) is 0 Å². The molecule has 1 heteroatoms. The molecule has 0 aliphatic heterocycles. The molecule has 2 aliphatic carbocycles. The van der Waals surface area contributed by atoms with E-state index >= 15 is 0 Å². The van der Waals surface area contributed by atoms with Crippen LogP contribution in [-0.4, -0.2) is 8.07 Å². The quantitative estimate of drug-likeness (QED) is 0.487. The minimum atomic E-state index is -1.73. The van der Waals surface area contributed by atoms with Gasteiger partial charge in [0.1, 0.15) is 0 Å². The normalized spacial score (nSPS) is 20.4. The maximum atomic E-state index is 2.61. The predicted molar refractivity (Wildman–Crippen MR) is 121 cm³/mol. The molecular formula is C26H30Si. The summed E-state index contributed by atoms with van der Waals surface area (Å²) in [6.45, 7) is 14.6. The monoisotopic (exact) mass is 370 g/mol. The summed E-state index contributed by atoms with van der Waals surface area (Å²) in [7, 11) is -1.73. The van der Waals surface area contributed by atoms with E-state index in [2.05, 4.69) is 101 Å². The van der Waals surface area contributed by atoms with Crippen molar-refractivity contribution in [1.82, 2.24) is 0 Å². The highest BCUT2D eigenvalue weighted by molar-refractivity contribution is 6.83. The molecular weight excluding hydrogens is 340 g/mol. The van der Waals surface area contributed by atoms with E-state index in [1.807, 2.05) is 0 Å². The van der Waals surface area contributed by atoms with Gasteiger partial charge in [0.05, 0.1) is 8.07 Å². The standard InChI is InChI=1S/C26H30Si/c1-17-18(2)20(4)25(19(17)3)27(5,6)26-23-15-11-10-14-22(23)16-24(26)21-12-8-7-9-13-21/h7-16,25-26H,1-6H3. The average Bonchev–Trinajstić information content (AvgIpc) is 3.15. The zero-order chi connectivity index (χ0) is 19.3. The van der Waals surface area contributed by atoms with Crippen LogP contribution in [0.5, 0.6) is 0 Å². The van der Waals surface area contributed by atoms with E-state index in [0.717, 1.165) is 0 Å². The lowest BCUT2D eigenvalue weighted by Crippen LogP contribution is -2.41. The summed E-state index contributed by atoms with van der Waals surface area (Å²) in [5.74, 6) is 0. The van der Waals surface area contributed by atoms with E-state index in [4.69, 9.17) is 0 Å². The zero-order valence-corrected chi connectivity index (χ0v) is 18.4. The third kappa shape index (κ3) is 2.71. The Morgan fingerprint density at radius 2 is 1.22 bits per heavy atom. The molecule has 2 aliphatic rings. The minimum absolute atomic E-state index is 0.532. The van der Waals surface area contributed by atoms with E-state index in [0.29, 0.717) is 11.1 Å². The molecule has 2 aromatic rings. The topological polar surface area (TPSA) is 0 Å². The predicted octanol–water partition coefficient (Wildman–Crippen LogP) is 7.63. The van der Waals surface area contributed by atoms with Crippen molar-refractivity contribution in [2.75, 3.05) is 0 Å². The fourth-order valence-electron chi connectivity index (χ4n) is 5.64. The fraction of sp³-hybridized carbons (Fsp3) is 0.308. The second-order valence-corrected chi connectivity index (χ2v) is 13.7. The Kier molecular flexibility index (Phi) is 4.39. The number of hydrogen-bond acceptors (Lipinski definition) is 0. The van der Waals surface area contributed by atoms with Crippen molar-refractivity contribution in [2.24, 2.45) is 0 Å². The van der Waals surface area contributed by atoms with Gasteiger partial charge in [-0.15, -0.1) is 0 Å². The summed E-state index contributed by atoms with van der Waals surface area (Å²) in [5, 5.41) is 0. The molecule has 1 atom stereocenters. The Bertz CT molecular complexity index is 962. The molecule has 0 amide bonds. The van der Waals surface area contributed by atoms with Gasteiger partial charge in [-0.3, -0.25) is 0 Å². The van der Waals surface area contributed by atoms with E-state index in [-0.39, 0.29) is 0 Å². The third-order valence-electron chi connectivity index (χ3n) is 7.14. The lowest BCUT2D eigenvalue weighted by atomic mass is 10.0. The molecule has 2 aromatic carbocycles. The smallest absolute Gasteiger partial charge is 0.0679 e. The van der Waals surface area contributed by atoms with Crippen molar-refractivity contribution >= 4 is 19.7 Å². The van der Waals surface area contributed by atoms with Gasteiger partial charge in [0.2, 0.25) is 0 Å². The molecule has 0 saturated heterocycles. The van der Waals surface area contributed by atoms with Crippen LogP contribution in [0, 0.1) is 0 Å². The first kappa shape index (κ1) is 18.2. The van der Waals surface area contributed by atoms with Crippen molar-refractivity contribution < 1.29 is 0 Å². The summed E-state index contributed by atoms with van der Waals surface area (Å²) >= 11 is 0. The van der Waals surface area contributed by atoms with Gasteiger partial charge < -0.3 is 0 Å². The zero-order valence-electron chi connectivity index (χ0n) is 17.4. The Morgan fingerprint density at radius 3 is 1.85 bits per heavy atom. The minimum Gasteiger partial charge on any atom is -0.0679 e. The van der Waals surface area contributed by atoms with E-state index in [1.54, 1.807) is 11.1 Å². The first-order valence-electron chi connectivity index (χ1n) is 10.0. The van der Waals surface area contributed by atoms with E-state index in [9.17, 15) is 0 Å². The third-order valence-corrected chi connectivity index (χ3v) is 11.6. The summed E-state index contributed by atoms with van der Waals surface area (Å²) < 4.78 is 0. The van der Waals surface area contributed by atoms with Crippen LogP contribution in [0.4, 0.5) is 0 Å². The van der Waals surface area contributed by atoms with Crippen molar-refractivity contribution in [3.63, 3.8) is 0 Å². The number of rotatable bonds is 3. The van der Waals surface area contributed by atoms with Crippen LogP contribution in [0.15, 0.2) is 76.9 Å². The highest BCUT2D eigenvalue weighted by Gasteiger charge is 2.47. The van der Waals surface area contributed by atoms with Gasteiger partial charge in [-0.05, 0) is 66.6 Å². The van der Waals surface area contributed by atoms with E-state index < -0.39 is 8.07 Å². The number of benzene rings is 2. The Labute approximate surface area is 165 Å². The molecule has 27 heavy (non-hydrogen) atoms. The molecule has 0 heterocycles. The maximum absolute atomic E-state index is 2.61.